The van der Waals surface area contributed by atoms with Crippen LogP contribution in [0, 0.1) is 11.7 Å². The van der Waals surface area contributed by atoms with Crippen molar-refractivity contribution < 1.29 is 32.9 Å². The van der Waals surface area contributed by atoms with Crippen LogP contribution >= 0.6 is 15.9 Å². The molecule has 2 fully saturated rings. The Kier molecular flexibility index (Phi) is 11.8. The standard InChI is InChI=1S/C42H41BrFN3O7/c1-50-40-18-29(6-9-39(40)54-25-32-24-52-14-15-53-32)30-17-34(42(45)46-20-30)28-4-2-26(3-5-28)16-38(48)36-23-47(21-27-10-12-51-13-11-27)22-35(41(36)49)33-8-7-31(43)19-37(33)44/h2-9,17-20,22-23,27,32H,10-16,21,24-25H2,1H3,(H2,45,46). The molecule has 4 heterocycles. The fourth-order valence-electron chi connectivity index (χ4n) is 6.79. The van der Waals surface area contributed by atoms with E-state index in [9.17, 15) is 9.59 Å². The number of aromatic nitrogens is 2. The van der Waals surface area contributed by atoms with Crippen molar-refractivity contribution in [3.8, 4) is 44.9 Å². The van der Waals surface area contributed by atoms with Crippen molar-refractivity contribution in [1.82, 2.24) is 9.55 Å². The van der Waals surface area contributed by atoms with Crippen LogP contribution in [0.2, 0.25) is 0 Å². The van der Waals surface area contributed by atoms with E-state index in [2.05, 4.69) is 20.9 Å². The van der Waals surface area contributed by atoms with Gasteiger partial charge in [0, 0.05) is 71.5 Å². The Balaban J connectivity index is 1.10. The predicted molar refractivity (Wildman–Crippen MR) is 208 cm³/mol. The van der Waals surface area contributed by atoms with Crippen LogP contribution in [0.5, 0.6) is 11.5 Å². The maximum atomic E-state index is 15.1. The van der Waals surface area contributed by atoms with E-state index >= 15 is 4.39 Å². The second-order valence-corrected chi connectivity index (χ2v) is 14.4. The fourth-order valence-corrected chi connectivity index (χ4v) is 7.12. The van der Waals surface area contributed by atoms with Crippen LogP contribution in [0.4, 0.5) is 10.2 Å². The minimum Gasteiger partial charge on any atom is -0.493 e. The van der Waals surface area contributed by atoms with E-state index < -0.39 is 11.2 Å². The highest BCUT2D eigenvalue weighted by Gasteiger charge is 2.22. The van der Waals surface area contributed by atoms with Crippen LogP contribution in [0.3, 0.4) is 0 Å². The van der Waals surface area contributed by atoms with Crippen molar-refractivity contribution >= 4 is 27.5 Å². The second kappa shape index (κ2) is 17.1. The van der Waals surface area contributed by atoms with Crippen LogP contribution in [0.25, 0.3) is 33.4 Å². The van der Waals surface area contributed by atoms with Gasteiger partial charge in [-0.25, -0.2) is 9.37 Å². The number of nitrogens with two attached hydrogens (primary N) is 1. The molecule has 0 spiro atoms. The zero-order valence-electron chi connectivity index (χ0n) is 29.9. The number of hydrogen-bond donors (Lipinski definition) is 1. The van der Waals surface area contributed by atoms with Crippen LogP contribution in [0.1, 0.15) is 28.8 Å². The number of ether oxygens (including phenoxy) is 5. The lowest BCUT2D eigenvalue weighted by Gasteiger charge is -2.23. The molecule has 3 aromatic carbocycles. The molecule has 2 aromatic heterocycles. The van der Waals surface area contributed by atoms with E-state index in [0.29, 0.717) is 79.5 Å². The number of pyridine rings is 2. The van der Waals surface area contributed by atoms with Crippen molar-refractivity contribution in [3.05, 3.63) is 117 Å². The second-order valence-electron chi connectivity index (χ2n) is 13.5. The Morgan fingerprint density at radius 2 is 1.70 bits per heavy atom. The summed E-state index contributed by atoms with van der Waals surface area (Å²) in [6.07, 6.45) is 6.56. The van der Waals surface area contributed by atoms with Crippen molar-refractivity contribution in [2.45, 2.75) is 31.9 Å². The lowest BCUT2D eigenvalue weighted by atomic mass is 9.96. The predicted octanol–water partition coefficient (Wildman–Crippen LogP) is 7.38. The van der Waals surface area contributed by atoms with Gasteiger partial charge in [0.1, 0.15) is 24.3 Å². The first-order valence-electron chi connectivity index (χ1n) is 17.9. The van der Waals surface area contributed by atoms with Gasteiger partial charge in [0.05, 0.1) is 32.5 Å². The molecule has 12 heteroatoms. The van der Waals surface area contributed by atoms with E-state index in [1.807, 2.05) is 53.1 Å². The van der Waals surface area contributed by atoms with Gasteiger partial charge in [-0.15, -0.1) is 0 Å². The normalized spacial score (nSPS) is 16.2. The molecule has 2 aliphatic rings. The van der Waals surface area contributed by atoms with Crippen LogP contribution in [-0.2, 0) is 27.2 Å². The monoisotopic (exact) mass is 797 g/mol. The summed E-state index contributed by atoms with van der Waals surface area (Å²) < 4.78 is 45.8. The number of halogens is 2. The third kappa shape index (κ3) is 8.73. The van der Waals surface area contributed by atoms with E-state index in [1.54, 1.807) is 37.8 Å². The Morgan fingerprint density at radius 3 is 2.44 bits per heavy atom. The number of rotatable bonds is 12. The molecule has 54 heavy (non-hydrogen) atoms. The smallest absolute Gasteiger partial charge is 0.200 e. The van der Waals surface area contributed by atoms with E-state index in [4.69, 9.17) is 29.4 Å². The number of hydrogen-bond acceptors (Lipinski definition) is 9. The molecule has 1 unspecified atom stereocenters. The van der Waals surface area contributed by atoms with Gasteiger partial charge in [0.15, 0.2) is 22.7 Å². The lowest BCUT2D eigenvalue weighted by molar-refractivity contribution is -0.101. The summed E-state index contributed by atoms with van der Waals surface area (Å²) in [6, 6.07) is 19.6. The number of Topliss-reactive ketones (excluding diaryl/α,β-unsaturated/α-hetero) is 1. The van der Waals surface area contributed by atoms with Gasteiger partial charge in [-0.1, -0.05) is 52.3 Å². The summed E-state index contributed by atoms with van der Waals surface area (Å²) in [7, 11) is 1.59. The number of carbonyl (C=O) groups excluding carboxylic acids is 1. The summed E-state index contributed by atoms with van der Waals surface area (Å²) >= 11 is 3.29. The molecule has 0 amide bonds. The Labute approximate surface area is 321 Å². The van der Waals surface area contributed by atoms with Gasteiger partial charge in [-0.2, -0.15) is 0 Å². The summed E-state index contributed by atoms with van der Waals surface area (Å²) in [5.74, 6) is 0.938. The zero-order valence-corrected chi connectivity index (χ0v) is 31.5. The average molecular weight is 799 g/mol. The number of ketones is 1. The third-order valence-electron chi connectivity index (χ3n) is 9.77. The summed E-state index contributed by atoms with van der Waals surface area (Å²) in [5, 5.41) is 0. The summed E-state index contributed by atoms with van der Waals surface area (Å²) in [4.78, 5) is 32.1. The topological polar surface area (TPSA) is 124 Å². The quantitative estimate of drug-likeness (QED) is 0.129. The molecule has 2 saturated heterocycles. The van der Waals surface area contributed by atoms with Crippen molar-refractivity contribution in [1.29, 1.82) is 0 Å². The average Bonchev–Trinajstić information content (AvgIpc) is 3.19. The summed E-state index contributed by atoms with van der Waals surface area (Å²) in [6.45, 7) is 3.88. The highest BCUT2D eigenvalue weighted by atomic mass is 79.9. The molecule has 0 saturated carbocycles. The van der Waals surface area contributed by atoms with Gasteiger partial charge in [0.25, 0.3) is 0 Å². The van der Waals surface area contributed by atoms with E-state index in [1.165, 1.54) is 6.07 Å². The third-order valence-corrected chi connectivity index (χ3v) is 10.3. The van der Waals surface area contributed by atoms with Gasteiger partial charge in [-0.05, 0) is 65.8 Å². The number of nitrogen functional groups attached to an aromatic ring is 1. The van der Waals surface area contributed by atoms with E-state index in [0.717, 1.165) is 35.1 Å². The molecule has 280 valence electrons. The highest BCUT2D eigenvalue weighted by molar-refractivity contribution is 9.10. The molecular weight excluding hydrogens is 757 g/mol. The van der Waals surface area contributed by atoms with Crippen LogP contribution in [-0.4, -0.2) is 68.2 Å². The molecule has 0 aliphatic carbocycles. The Morgan fingerprint density at radius 1 is 0.907 bits per heavy atom. The van der Waals surface area contributed by atoms with Gasteiger partial charge in [-0.3, -0.25) is 9.59 Å². The lowest BCUT2D eigenvalue weighted by Crippen LogP contribution is -2.33. The van der Waals surface area contributed by atoms with Crippen LogP contribution in [0.15, 0.2) is 94.6 Å². The Hall–Kier alpha value is -4.88. The maximum absolute atomic E-state index is 15.1. The molecule has 7 rings (SSSR count). The number of methoxy groups -OCH3 is 1. The molecular formula is C42H41BrFN3O7. The number of nitrogens with zero attached hydrogens (tertiary/aromatic N) is 2. The highest BCUT2D eigenvalue weighted by Crippen LogP contribution is 2.35. The number of anilines is 1. The number of carbonyl (C=O) groups is 1. The Bertz CT molecular complexity index is 2180. The maximum Gasteiger partial charge on any atom is 0.200 e. The first-order chi connectivity index (χ1) is 26.2. The molecule has 5 aromatic rings. The summed E-state index contributed by atoms with van der Waals surface area (Å²) in [5.41, 5.74) is 10.1. The molecule has 2 N–H and O–H groups in total. The van der Waals surface area contributed by atoms with Gasteiger partial charge >= 0.3 is 0 Å². The van der Waals surface area contributed by atoms with Crippen molar-refractivity contribution in [2.24, 2.45) is 5.92 Å². The van der Waals surface area contributed by atoms with E-state index in [-0.39, 0.29) is 35.0 Å². The van der Waals surface area contributed by atoms with Crippen molar-refractivity contribution in [2.75, 3.05) is 52.5 Å². The number of benzene rings is 3. The van der Waals surface area contributed by atoms with Crippen LogP contribution < -0.4 is 20.6 Å². The fraction of sp³-hybridized carbons (Fsp3) is 0.310. The van der Waals surface area contributed by atoms with Gasteiger partial charge < -0.3 is 34.0 Å². The largest absolute Gasteiger partial charge is 0.493 e. The zero-order chi connectivity index (χ0) is 37.6. The molecule has 0 radical (unpaired) electrons. The first kappa shape index (κ1) is 37.4. The minimum atomic E-state index is -0.543. The first-order valence-corrected chi connectivity index (χ1v) is 18.7. The molecule has 0 bridgehead atoms. The van der Waals surface area contributed by atoms with Gasteiger partial charge in [0.2, 0.25) is 0 Å². The molecule has 10 nitrogen and oxygen atoms in total. The SMILES string of the molecule is COc1cc(-c2cnc(N)c(-c3ccc(CC(=O)c4cn(CC5CCOCC5)cc(-c5ccc(Br)cc5F)c4=O)cc3)c2)ccc1OCC1COCCO1. The molecule has 1 atom stereocenters. The molecule has 2 aliphatic heterocycles. The minimum absolute atomic E-state index is 0.0130. The van der Waals surface area contributed by atoms with Crippen molar-refractivity contribution in [3.63, 3.8) is 0 Å².